The summed E-state index contributed by atoms with van der Waals surface area (Å²) < 4.78 is 63.7. The summed E-state index contributed by atoms with van der Waals surface area (Å²) in [5.41, 5.74) is 0.594. The zero-order chi connectivity index (χ0) is 34.5. The number of ether oxygens (including phenoxy) is 1. The van der Waals surface area contributed by atoms with Crippen LogP contribution in [0.2, 0.25) is 0 Å². The Balaban J connectivity index is 1.11. The number of benzene rings is 2. The topological polar surface area (TPSA) is 94.9 Å². The normalized spacial score (nSPS) is 25.2. The van der Waals surface area contributed by atoms with Gasteiger partial charge in [-0.2, -0.15) is 23.1 Å². The lowest BCUT2D eigenvalue weighted by atomic mass is 9.96. The van der Waals surface area contributed by atoms with Gasteiger partial charge in [0.1, 0.15) is 22.8 Å². The molecule has 5 heterocycles. The summed E-state index contributed by atoms with van der Waals surface area (Å²) in [6.45, 7) is 3.66. The largest absolute Gasteiger partial charge is 0.508 e. The molecule has 1 amide bonds. The number of phenols is 1. The number of carbonyl (C=O) groups is 1. The highest BCUT2D eigenvalue weighted by Crippen LogP contribution is 2.51. The third kappa shape index (κ3) is 5.27. The SMILES string of the molecule is C#Cc1cccc2cc(O)cc(-c3ncc4c(N5CC6CCC(C5)N6C(=O)C(F)(F)F)nc(OCC5(CN6CC7CC7C6)CC5)nc4c3F)c12. The van der Waals surface area contributed by atoms with Gasteiger partial charge in [0.15, 0.2) is 5.82 Å². The molecular formula is C37H34F4N6O3. The Hall–Kier alpha value is -4.70. The summed E-state index contributed by atoms with van der Waals surface area (Å²) in [6, 6.07) is 6.79. The highest BCUT2D eigenvalue weighted by molar-refractivity contribution is 6.03. The summed E-state index contributed by atoms with van der Waals surface area (Å²) in [7, 11) is 0. The molecule has 2 aliphatic carbocycles. The summed E-state index contributed by atoms with van der Waals surface area (Å²) in [5, 5.41) is 12.0. The van der Waals surface area contributed by atoms with E-state index in [0.29, 0.717) is 35.8 Å². The molecule has 258 valence electrons. The second-order valence-corrected chi connectivity index (χ2v) is 14.8. The maximum absolute atomic E-state index is 16.9. The van der Waals surface area contributed by atoms with Crippen molar-refractivity contribution in [1.82, 2.24) is 24.8 Å². The molecule has 9 rings (SSSR count). The molecule has 4 atom stereocenters. The number of fused-ring (bicyclic) bond motifs is 5. The van der Waals surface area contributed by atoms with Crippen LogP contribution < -0.4 is 9.64 Å². The Morgan fingerprint density at radius 1 is 1.08 bits per heavy atom. The summed E-state index contributed by atoms with van der Waals surface area (Å²) in [5.74, 6) is 1.83. The van der Waals surface area contributed by atoms with Crippen LogP contribution in [0.5, 0.6) is 11.8 Å². The Morgan fingerprint density at radius 2 is 1.82 bits per heavy atom. The molecule has 0 spiro atoms. The molecule has 1 N–H and O–H groups in total. The van der Waals surface area contributed by atoms with Crippen molar-refractivity contribution in [3.8, 4) is 35.4 Å². The average molecular weight is 687 g/mol. The van der Waals surface area contributed by atoms with Gasteiger partial charge in [0.2, 0.25) is 0 Å². The zero-order valence-corrected chi connectivity index (χ0v) is 27.1. The van der Waals surface area contributed by atoms with Crippen molar-refractivity contribution in [1.29, 1.82) is 0 Å². The third-order valence-corrected chi connectivity index (χ3v) is 11.4. The Bertz CT molecular complexity index is 2090. The van der Waals surface area contributed by atoms with Crippen LogP contribution in [-0.2, 0) is 4.79 Å². The maximum atomic E-state index is 16.9. The van der Waals surface area contributed by atoms with E-state index in [1.165, 1.54) is 18.7 Å². The average Bonchev–Trinajstić information content (AvgIpc) is 3.97. The second kappa shape index (κ2) is 11.2. The molecule has 50 heavy (non-hydrogen) atoms. The number of phenolic OH excluding ortho intramolecular Hbond substituents is 1. The smallest absolute Gasteiger partial charge is 0.471 e. The first-order valence-electron chi connectivity index (χ1n) is 17.1. The van der Waals surface area contributed by atoms with Crippen LogP contribution in [0.25, 0.3) is 32.9 Å². The number of hydrogen-bond acceptors (Lipinski definition) is 8. The second-order valence-electron chi connectivity index (χ2n) is 14.8. The van der Waals surface area contributed by atoms with Crippen molar-refractivity contribution >= 4 is 33.4 Å². The third-order valence-electron chi connectivity index (χ3n) is 11.4. The fourth-order valence-corrected chi connectivity index (χ4v) is 8.63. The molecule has 2 bridgehead atoms. The van der Waals surface area contributed by atoms with Crippen molar-refractivity contribution in [3.05, 3.63) is 47.9 Å². The molecule has 9 nitrogen and oxygen atoms in total. The van der Waals surface area contributed by atoms with Gasteiger partial charge >= 0.3 is 18.1 Å². The molecule has 0 radical (unpaired) electrons. The van der Waals surface area contributed by atoms with Crippen molar-refractivity contribution in [2.75, 3.05) is 44.2 Å². The number of nitrogens with zero attached hydrogens (tertiary/aromatic N) is 6. The minimum Gasteiger partial charge on any atom is -0.508 e. The maximum Gasteiger partial charge on any atom is 0.471 e. The van der Waals surface area contributed by atoms with E-state index in [0.717, 1.165) is 49.2 Å². The van der Waals surface area contributed by atoms with Gasteiger partial charge in [0.25, 0.3) is 0 Å². The minimum absolute atomic E-state index is 0.0357. The van der Waals surface area contributed by atoms with Crippen molar-refractivity contribution in [2.45, 2.75) is 50.4 Å². The van der Waals surface area contributed by atoms with E-state index in [1.807, 2.05) is 0 Å². The molecule has 3 aliphatic heterocycles. The van der Waals surface area contributed by atoms with Crippen LogP contribution in [-0.4, -0.2) is 93.4 Å². The lowest BCUT2D eigenvalue weighted by Gasteiger charge is -2.42. The molecule has 5 fully saturated rings. The molecular weight excluding hydrogens is 652 g/mol. The number of anilines is 1. The predicted octanol–water partition coefficient (Wildman–Crippen LogP) is 5.52. The molecule has 3 saturated heterocycles. The monoisotopic (exact) mass is 686 g/mol. The van der Waals surface area contributed by atoms with Crippen LogP contribution in [0.3, 0.4) is 0 Å². The first-order chi connectivity index (χ1) is 24.0. The lowest BCUT2D eigenvalue weighted by Crippen LogP contribution is -2.59. The number of aromatic nitrogens is 3. The summed E-state index contributed by atoms with van der Waals surface area (Å²) >= 11 is 0. The number of pyridine rings is 1. The number of alkyl halides is 3. The van der Waals surface area contributed by atoms with E-state index in [-0.39, 0.29) is 58.2 Å². The number of rotatable bonds is 7. The Morgan fingerprint density at radius 3 is 2.50 bits per heavy atom. The minimum atomic E-state index is -4.97. The zero-order valence-electron chi connectivity index (χ0n) is 27.1. The van der Waals surface area contributed by atoms with Gasteiger partial charge in [-0.15, -0.1) is 6.42 Å². The first-order valence-corrected chi connectivity index (χ1v) is 17.1. The van der Waals surface area contributed by atoms with Gasteiger partial charge in [-0.25, -0.2) is 4.39 Å². The van der Waals surface area contributed by atoms with Crippen LogP contribution in [0, 0.1) is 35.4 Å². The van der Waals surface area contributed by atoms with Crippen LogP contribution in [0.15, 0.2) is 36.5 Å². The highest BCUT2D eigenvalue weighted by Gasteiger charge is 2.53. The van der Waals surface area contributed by atoms with Gasteiger partial charge in [-0.3, -0.25) is 9.78 Å². The number of carbonyl (C=O) groups excluding carboxylic acids is 1. The molecule has 5 aliphatic rings. The van der Waals surface area contributed by atoms with Crippen LogP contribution in [0.4, 0.5) is 23.4 Å². The highest BCUT2D eigenvalue weighted by atomic mass is 19.4. The van der Waals surface area contributed by atoms with Crippen molar-refractivity contribution in [3.63, 3.8) is 0 Å². The molecule has 13 heteroatoms. The molecule has 2 aromatic heterocycles. The van der Waals surface area contributed by atoms with Gasteiger partial charge in [0, 0.05) is 60.8 Å². The number of piperazine rings is 1. The van der Waals surface area contributed by atoms with Crippen LogP contribution in [0.1, 0.15) is 37.7 Å². The van der Waals surface area contributed by atoms with E-state index in [4.69, 9.17) is 16.1 Å². The fourth-order valence-electron chi connectivity index (χ4n) is 8.63. The fraction of sp³-hybridized carbons (Fsp3) is 0.459. The van der Waals surface area contributed by atoms with Gasteiger partial charge < -0.3 is 24.5 Å². The number of halogens is 4. The number of amides is 1. The molecule has 4 aromatic rings. The Labute approximate surface area is 285 Å². The number of likely N-dealkylation sites (tertiary alicyclic amines) is 1. The standard InChI is InChI=1S/C37H34F4N6O3/c1-2-20-4-3-5-21-11-26(48)12-27(29(20)21)31-30(38)32-28(13-42-31)33(46-16-24-6-7-25(17-46)47(24)34(49)37(39,40)41)44-35(43-32)50-19-36(8-9-36)18-45-14-22-10-23(22)15-45/h1,3-5,11-13,22-25,48H,6-10,14-19H2. The van der Waals surface area contributed by atoms with Crippen molar-refractivity contribution < 1.29 is 32.2 Å². The van der Waals surface area contributed by atoms with E-state index in [1.54, 1.807) is 29.2 Å². The first kappa shape index (κ1) is 31.3. The van der Waals surface area contributed by atoms with Gasteiger partial charge in [-0.1, -0.05) is 18.1 Å². The number of terminal acetylenes is 1. The van der Waals surface area contributed by atoms with Crippen molar-refractivity contribution in [2.24, 2.45) is 17.3 Å². The number of aromatic hydroxyl groups is 1. The summed E-state index contributed by atoms with van der Waals surface area (Å²) in [6.07, 6.45) is 6.42. The number of piperidine rings is 1. The quantitative estimate of drug-likeness (QED) is 0.201. The predicted molar refractivity (Wildman–Crippen MR) is 177 cm³/mol. The van der Waals surface area contributed by atoms with E-state index < -0.39 is 30.0 Å². The molecule has 2 aromatic carbocycles. The molecule has 2 saturated carbocycles. The van der Waals surface area contributed by atoms with Crippen LogP contribution >= 0.6 is 0 Å². The van der Waals surface area contributed by atoms with E-state index in [9.17, 15) is 23.1 Å². The number of hydrogen-bond donors (Lipinski definition) is 1. The lowest BCUT2D eigenvalue weighted by molar-refractivity contribution is -0.188. The van der Waals surface area contributed by atoms with Gasteiger partial charge in [0.05, 0.1) is 24.1 Å². The molecule has 4 unspecified atom stereocenters. The summed E-state index contributed by atoms with van der Waals surface area (Å²) in [4.78, 5) is 31.4. The van der Waals surface area contributed by atoms with E-state index >= 15 is 4.39 Å². The van der Waals surface area contributed by atoms with E-state index in [2.05, 4.69) is 20.8 Å². The van der Waals surface area contributed by atoms with Gasteiger partial charge in [-0.05, 0) is 67.5 Å². The Kier molecular flexibility index (Phi) is 6.98.